The molecule has 0 spiro atoms. The number of imidazole rings is 1. The molecular formula is C5H4BrN3. The number of aromatic amines is 1. The Labute approximate surface area is 59.8 Å². The number of fused-ring (bicyclic) bond motifs is 1. The zero-order chi connectivity index (χ0) is 6.27. The molecule has 46 valence electrons. The molecule has 0 aromatic carbocycles. The molecule has 0 amide bonds. The number of nitrogens with zero attached hydrogens (tertiary/aromatic N) is 2. The van der Waals surface area contributed by atoms with Crippen LogP contribution in [0, 0.1) is 0 Å². The van der Waals surface area contributed by atoms with Crippen LogP contribution in [0.3, 0.4) is 0 Å². The molecule has 0 atom stereocenters. The van der Waals surface area contributed by atoms with Gasteiger partial charge >= 0.3 is 0 Å². The van der Waals surface area contributed by atoms with Gasteiger partial charge in [-0.3, -0.25) is 0 Å². The maximum absolute atomic E-state index is 4.12. The quantitative estimate of drug-likeness (QED) is 0.663. The molecule has 0 aliphatic rings. The molecule has 2 aromatic rings. The van der Waals surface area contributed by atoms with Crippen LogP contribution in [-0.4, -0.2) is 14.6 Å². The average molecular weight is 186 g/mol. The van der Waals surface area contributed by atoms with Crippen LogP contribution in [0.1, 0.15) is 0 Å². The van der Waals surface area contributed by atoms with Crippen molar-refractivity contribution in [2.45, 2.75) is 0 Å². The van der Waals surface area contributed by atoms with E-state index in [-0.39, 0.29) is 0 Å². The van der Waals surface area contributed by atoms with Crippen LogP contribution in [0.25, 0.3) is 5.65 Å². The highest BCUT2D eigenvalue weighted by Gasteiger charge is 1.95. The first-order valence-corrected chi connectivity index (χ1v) is 3.33. The number of aromatic nitrogens is 3. The highest BCUT2D eigenvalue weighted by molar-refractivity contribution is 9.10. The van der Waals surface area contributed by atoms with Gasteiger partial charge in [-0.25, -0.2) is 9.50 Å². The maximum atomic E-state index is 4.12. The largest absolute Gasteiger partial charge is 0.300 e. The fourth-order valence-corrected chi connectivity index (χ4v) is 1.16. The van der Waals surface area contributed by atoms with E-state index in [0.717, 1.165) is 10.3 Å². The summed E-state index contributed by atoms with van der Waals surface area (Å²) in [5.74, 6) is 0. The summed E-state index contributed by atoms with van der Waals surface area (Å²) in [6.07, 6.45) is 3.71. The van der Waals surface area contributed by atoms with E-state index in [1.807, 2.05) is 23.0 Å². The van der Waals surface area contributed by atoms with Gasteiger partial charge in [0.1, 0.15) is 4.60 Å². The van der Waals surface area contributed by atoms with E-state index in [1.54, 1.807) is 0 Å². The molecule has 2 rings (SSSR count). The van der Waals surface area contributed by atoms with Crippen molar-refractivity contribution in [2.75, 3.05) is 0 Å². The summed E-state index contributed by atoms with van der Waals surface area (Å²) < 4.78 is 2.69. The van der Waals surface area contributed by atoms with Crippen LogP contribution in [0.2, 0.25) is 0 Å². The molecule has 0 bridgehead atoms. The van der Waals surface area contributed by atoms with Gasteiger partial charge in [0, 0.05) is 12.3 Å². The van der Waals surface area contributed by atoms with E-state index in [4.69, 9.17) is 0 Å². The fourth-order valence-electron chi connectivity index (χ4n) is 0.778. The number of nitrogens with one attached hydrogen (secondary N) is 1. The summed E-state index contributed by atoms with van der Waals surface area (Å²) in [6, 6.07) is 1.91. The Morgan fingerprint density at radius 2 is 2.56 bits per heavy atom. The van der Waals surface area contributed by atoms with Gasteiger partial charge in [0.05, 0.1) is 6.20 Å². The molecule has 0 saturated carbocycles. The molecule has 0 aliphatic carbocycles. The highest BCUT2D eigenvalue weighted by atomic mass is 79.9. The Balaban J connectivity index is 2.92. The minimum absolute atomic E-state index is 0.856. The predicted octanol–water partition coefficient (Wildman–Crippen LogP) is 1.42. The maximum Gasteiger partial charge on any atom is 0.154 e. The van der Waals surface area contributed by atoms with E-state index < -0.39 is 0 Å². The summed E-state index contributed by atoms with van der Waals surface area (Å²) in [7, 11) is 0. The smallest absolute Gasteiger partial charge is 0.154 e. The van der Waals surface area contributed by atoms with Crippen molar-refractivity contribution in [3.05, 3.63) is 23.1 Å². The van der Waals surface area contributed by atoms with Crippen molar-refractivity contribution in [2.24, 2.45) is 0 Å². The minimum Gasteiger partial charge on any atom is -0.300 e. The summed E-state index contributed by atoms with van der Waals surface area (Å²) in [6.45, 7) is 0. The molecule has 2 aromatic heterocycles. The lowest BCUT2D eigenvalue weighted by Gasteiger charge is -1.75. The lowest BCUT2D eigenvalue weighted by Crippen LogP contribution is -1.75. The fraction of sp³-hybridized carbons (Fsp3) is 0. The number of hydrogen-bond donors (Lipinski definition) is 1. The van der Waals surface area contributed by atoms with Crippen LogP contribution in [0.5, 0.6) is 0 Å². The van der Waals surface area contributed by atoms with Crippen molar-refractivity contribution in [3.8, 4) is 0 Å². The number of rotatable bonds is 0. The van der Waals surface area contributed by atoms with Crippen LogP contribution in [-0.2, 0) is 0 Å². The normalized spacial score (nSPS) is 10.8. The third kappa shape index (κ3) is 0.666. The van der Waals surface area contributed by atoms with Crippen molar-refractivity contribution in [1.29, 1.82) is 0 Å². The van der Waals surface area contributed by atoms with Gasteiger partial charge in [0.25, 0.3) is 0 Å². The Bertz CT molecular complexity index is 293. The van der Waals surface area contributed by atoms with Gasteiger partial charge < -0.3 is 5.10 Å². The lowest BCUT2D eigenvalue weighted by molar-refractivity contribution is 0.972. The van der Waals surface area contributed by atoms with Gasteiger partial charge in [-0.15, -0.1) is 0 Å². The summed E-state index contributed by atoms with van der Waals surface area (Å²) >= 11 is 3.25. The monoisotopic (exact) mass is 185 g/mol. The second-order valence-electron chi connectivity index (χ2n) is 1.75. The van der Waals surface area contributed by atoms with Crippen LogP contribution in [0.15, 0.2) is 23.1 Å². The van der Waals surface area contributed by atoms with Crippen molar-refractivity contribution in [3.63, 3.8) is 0 Å². The Hall–Kier alpha value is -0.770. The second-order valence-corrected chi connectivity index (χ2v) is 2.57. The first-order valence-electron chi connectivity index (χ1n) is 2.54. The highest BCUT2D eigenvalue weighted by Crippen LogP contribution is 2.08. The molecule has 9 heavy (non-hydrogen) atoms. The van der Waals surface area contributed by atoms with Gasteiger partial charge in [0.15, 0.2) is 5.65 Å². The molecule has 3 nitrogen and oxygen atoms in total. The van der Waals surface area contributed by atoms with E-state index in [9.17, 15) is 0 Å². The first-order chi connectivity index (χ1) is 4.36. The Morgan fingerprint density at radius 3 is 3.33 bits per heavy atom. The molecule has 0 unspecified atom stereocenters. The molecule has 0 saturated heterocycles. The molecule has 0 radical (unpaired) electrons. The SMILES string of the molecule is Brc1cn2[nH]ccc2n1. The van der Waals surface area contributed by atoms with Gasteiger partial charge in [0.2, 0.25) is 0 Å². The Kier molecular flexibility index (Phi) is 0.900. The van der Waals surface area contributed by atoms with E-state index in [1.165, 1.54) is 0 Å². The van der Waals surface area contributed by atoms with Gasteiger partial charge in [-0.1, -0.05) is 0 Å². The number of H-pyrrole nitrogens is 1. The average Bonchev–Trinajstić information content (AvgIpc) is 2.22. The van der Waals surface area contributed by atoms with Crippen LogP contribution in [0.4, 0.5) is 0 Å². The van der Waals surface area contributed by atoms with Gasteiger partial charge in [-0.2, -0.15) is 0 Å². The first kappa shape index (κ1) is 5.05. The predicted molar refractivity (Wildman–Crippen MR) is 37.2 cm³/mol. The zero-order valence-electron chi connectivity index (χ0n) is 4.50. The summed E-state index contributed by atoms with van der Waals surface area (Å²) in [5.41, 5.74) is 0.932. The number of hydrogen-bond acceptors (Lipinski definition) is 1. The summed E-state index contributed by atoms with van der Waals surface area (Å²) in [4.78, 5) is 4.12. The van der Waals surface area contributed by atoms with Crippen LogP contribution < -0.4 is 0 Å². The van der Waals surface area contributed by atoms with E-state index in [2.05, 4.69) is 26.0 Å². The lowest BCUT2D eigenvalue weighted by atomic mass is 10.7. The Morgan fingerprint density at radius 1 is 1.67 bits per heavy atom. The number of halogens is 1. The van der Waals surface area contributed by atoms with Crippen molar-refractivity contribution >= 4 is 21.6 Å². The molecule has 0 fully saturated rings. The standard InChI is InChI=1S/C5H4BrN3/c6-4-3-9-5(8-4)1-2-7-9/h1-3,7H. The van der Waals surface area contributed by atoms with Crippen molar-refractivity contribution < 1.29 is 0 Å². The van der Waals surface area contributed by atoms with E-state index >= 15 is 0 Å². The van der Waals surface area contributed by atoms with Gasteiger partial charge in [-0.05, 0) is 15.9 Å². The van der Waals surface area contributed by atoms with Crippen LogP contribution >= 0.6 is 15.9 Å². The zero-order valence-corrected chi connectivity index (χ0v) is 6.09. The third-order valence-corrected chi connectivity index (χ3v) is 1.53. The topological polar surface area (TPSA) is 33.1 Å². The molecule has 4 heteroatoms. The molecule has 2 heterocycles. The van der Waals surface area contributed by atoms with Crippen molar-refractivity contribution in [1.82, 2.24) is 14.6 Å². The second kappa shape index (κ2) is 1.60. The molecule has 0 aliphatic heterocycles. The third-order valence-electron chi connectivity index (χ3n) is 1.15. The molecule has 1 N–H and O–H groups in total. The molecular weight excluding hydrogens is 182 g/mol. The minimum atomic E-state index is 0.856. The summed E-state index contributed by atoms with van der Waals surface area (Å²) in [5, 5.41) is 2.96. The van der Waals surface area contributed by atoms with E-state index in [0.29, 0.717) is 0 Å².